The van der Waals surface area contributed by atoms with E-state index in [1.54, 1.807) is 23.1 Å². The quantitative estimate of drug-likeness (QED) is 0.218. The molecule has 0 saturated carbocycles. The smallest absolute Gasteiger partial charge is 0.234 e. The maximum Gasteiger partial charge on any atom is 0.234 e. The molecule has 1 aliphatic heterocycles. The Kier molecular flexibility index (Phi) is 7.07. The second kappa shape index (κ2) is 10.1. The molecule has 7 nitrogen and oxygen atoms in total. The molecule has 0 radical (unpaired) electrons. The third kappa shape index (κ3) is 4.81. The Morgan fingerprint density at radius 3 is 2.83 bits per heavy atom. The predicted molar refractivity (Wildman–Crippen MR) is 145 cm³/mol. The van der Waals surface area contributed by atoms with E-state index >= 15 is 0 Å². The number of aromatic nitrogens is 4. The third-order valence-electron chi connectivity index (χ3n) is 6.35. The maximum absolute atomic E-state index is 12.7. The van der Waals surface area contributed by atoms with Crippen molar-refractivity contribution < 1.29 is 9.53 Å². The summed E-state index contributed by atoms with van der Waals surface area (Å²) in [5.74, 6) is 1.13. The van der Waals surface area contributed by atoms with Crippen molar-refractivity contribution in [3.05, 3.63) is 40.3 Å². The van der Waals surface area contributed by atoms with Gasteiger partial charge in [0, 0.05) is 22.7 Å². The summed E-state index contributed by atoms with van der Waals surface area (Å²) >= 11 is 4.80. The highest BCUT2D eigenvalue weighted by Crippen LogP contribution is 2.42. The van der Waals surface area contributed by atoms with Crippen LogP contribution in [-0.2, 0) is 22.6 Å². The molecular formula is C25H29N5O2S3. The molecule has 1 N–H and O–H groups in total. The molecule has 1 amide bonds. The second-order valence-corrected chi connectivity index (χ2v) is 12.1. The molecule has 0 spiro atoms. The number of nitrogens with zero attached hydrogens (tertiary/aromatic N) is 4. The lowest BCUT2D eigenvalue weighted by atomic mass is 9.90. The van der Waals surface area contributed by atoms with Crippen LogP contribution in [0.3, 0.4) is 0 Å². The van der Waals surface area contributed by atoms with Crippen molar-refractivity contribution in [2.45, 2.75) is 69.5 Å². The molecule has 4 heterocycles. The van der Waals surface area contributed by atoms with E-state index < -0.39 is 0 Å². The Hall–Kier alpha value is -2.14. The number of hydrogen-bond donors (Lipinski definition) is 1. The van der Waals surface area contributed by atoms with Crippen molar-refractivity contribution in [2.24, 2.45) is 0 Å². The number of amides is 1. The highest BCUT2D eigenvalue weighted by atomic mass is 32.2. The van der Waals surface area contributed by atoms with Crippen LogP contribution in [-0.4, -0.2) is 42.6 Å². The first-order valence-corrected chi connectivity index (χ1v) is 14.7. The Morgan fingerprint density at radius 2 is 2.06 bits per heavy atom. The van der Waals surface area contributed by atoms with E-state index in [0.29, 0.717) is 11.8 Å². The monoisotopic (exact) mass is 527 g/mol. The number of benzene rings is 1. The van der Waals surface area contributed by atoms with Crippen LogP contribution in [0.15, 0.2) is 34.6 Å². The molecule has 1 aliphatic rings. The molecule has 10 heteroatoms. The molecular weight excluding hydrogens is 499 g/mol. The number of rotatable bonds is 8. The number of aryl methyl sites for hydroxylation is 1. The number of anilines is 1. The summed E-state index contributed by atoms with van der Waals surface area (Å²) in [4.78, 5) is 20.0. The summed E-state index contributed by atoms with van der Waals surface area (Å²) in [6.07, 6.45) is 2.83. The fraction of sp³-hybridized carbons (Fsp3) is 0.440. The zero-order valence-corrected chi connectivity index (χ0v) is 22.8. The van der Waals surface area contributed by atoms with Crippen molar-refractivity contribution in [2.75, 3.05) is 16.8 Å². The minimum absolute atomic E-state index is 0.0679. The van der Waals surface area contributed by atoms with Gasteiger partial charge >= 0.3 is 0 Å². The number of thioether (sulfide) groups is 2. The molecule has 4 aromatic rings. The molecule has 1 unspecified atom stereocenters. The first-order chi connectivity index (χ1) is 16.9. The molecule has 1 aromatic carbocycles. The lowest BCUT2D eigenvalue weighted by Crippen LogP contribution is -2.33. The van der Waals surface area contributed by atoms with Gasteiger partial charge in [0.2, 0.25) is 5.91 Å². The normalized spacial score (nSPS) is 17.7. The summed E-state index contributed by atoms with van der Waals surface area (Å²) in [5.41, 5.74) is 3.80. The van der Waals surface area contributed by atoms with Gasteiger partial charge in [-0.2, -0.15) is 0 Å². The van der Waals surface area contributed by atoms with E-state index in [0.717, 1.165) is 57.3 Å². The zero-order valence-electron chi connectivity index (χ0n) is 20.4. The van der Waals surface area contributed by atoms with E-state index in [-0.39, 0.29) is 17.3 Å². The fourth-order valence-electron chi connectivity index (χ4n) is 4.16. The average Bonchev–Trinajstić information content (AvgIpc) is 3.43. The van der Waals surface area contributed by atoms with Crippen molar-refractivity contribution in [1.29, 1.82) is 0 Å². The van der Waals surface area contributed by atoms with Crippen LogP contribution in [0.1, 0.15) is 49.6 Å². The highest BCUT2D eigenvalue weighted by molar-refractivity contribution is 8.00. The predicted octanol–water partition coefficient (Wildman–Crippen LogP) is 6.12. The van der Waals surface area contributed by atoms with Crippen LogP contribution >= 0.6 is 34.9 Å². The Bertz CT molecular complexity index is 1400. The number of carbonyl (C=O) groups excluding carboxylic acids is 1. The standard InChI is InChI=1S/C25H29N5O2S3/c1-5-11-33-23-27-22-20(16-12-25(4,6-2)32-13-18(16)35-22)21-28-29-24(30(21)23)34-14-19(31)26-17-10-8-7-9-15(17)3/h7-10H,5-6,11-14H2,1-4H3,(H,26,31). The molecule has 35 heavy (non-hydrogen) atoms. The largest absolute Gasteiger partial charge is 0.369 e. The summed E-state index contributed by atoms with van der Waals surface area (Å²) in [5, 5.41) is 14.8. The number of ether oxygens (including phenoxy) is 1. The van der Waals surface area contributed by atoms with Gasteiger partial charge < -0.3 is 10.1 Å². The van der Waals surface area contributed by atoms with Gasteiger partial charge in [0.15, 0.2) is 16.0 Å². The number of hydrogen-bond acceptors (Lipinski definition) is 8. The number of thiophene rings is 1. The molecule has 184 valence electrons. The van der Waals surface area contributed by atoms with Gasteiger partial charge in [-0.05, 0) is 43.9 Å². The van der Waals surface area contributed by atoms with Gasteiger partial charge in [-0.25, -0.2) is 9.38 Å². The third-order valence-corrected chi connectivity index (χ3v) is 9.53. The van der Waals surface area contributed by atoms with Crippen LogP contribution < -0.4 is 5.32 Å². The van der Waals surface area contributed by atoms with E-state index in [9.17, 15) is 4.79 Å². The number of nitrogens with one attached hydrogen (secondary N) is 1. The summed E-state index contributed by atoms with van der Waals surface area (Å²) in [6.45, 7) is 9.10. The van der Waals surface area contributed by atoms with E-state index in [2.05, 4.69) is 36.3 Å². The molecule has 3 aromatic heterocycles. The molecule has 0 bridgehead atoms. The molecule has 0 fully saturated rings. The van der Waals surface area contributed by atoms with E-state index in [1.165, 1.54) is 22.2 Å². The number of para-hydroxylation sites is 1. The van der Waals surface area contributed by atoms with Crippen molar-refractivity contribution in [3.63, 3.8) is 0 Å². The van der Waals surface area contributed by atoms with Crippen LogP contribution in [0.25, 0.3) is 15.9 Å². The topological polar surface area (TPSA) is 81.4 Å². The summed E-state index contributed by atoms with van der Waals surface area (Å²) in [6, 6.07) is 7.78. The minimum atomic E-state index is -0.182. The maximum atomic E-state index is 12.7. The molecule has 1 atom stereocenters. The zero-order chi connectivity index (χ0) is 24.6. The molecule has 0 saturated heterocycles. The lowest BCUT2D eigenvalue weighted by Gasteiger charge is -2.33. The fourth-order valence-corrected chi connectivity index (χ4v) is 6.95. The second-order valence-electron chi connectivity index (χ2n) is 8.99. The van der Waals surface area contributed by atoms with Crippen LogP contribution in [0.4, 0.5) is 5.69 Å². The molecule has 5 rings (SSSR count). The average molecular weight is 528 g/mol. The Balaban J connectivity index is 1.50. The van der Waals surface area contributed by atoms with Gasteiger partial charge in [0.05, 0.1) is 23.3 Å². The number of carbonyl (C=O) groups is 1. The number of fused-ring (bicyclic) bond motifs is 5. The SMILES string of the molecule is CCCSc1nc2sc3c(c2c2nnc(SCC(=O)Nc4ccccc4C)n12)CC(C)(CC)OC3. The van der Waals surface area contributed by atoms with Gasteiger partial charge in [-0.15, -0.1) is 21.5 Å². The van der Waals surface area contributed by atoms with Gasteiger partial charge in [0.1, 0.15) is 4.83 Å². The summed E-state index contributed by atoms with van der Waals surface area (Å²) < 4.78 is 8.23. The van der Waals surface area contributed by atoms with Gasteiger partial charge in [-0.1, -0.05) is 55.6 Å². The van der Waals surface area contributed by atoms with Crippen molar-refractivity contribution in [1.82, 2.24) is 19.6 Å². The highest BCUT2D eigenvalue weighted by Gasteiger charge is 2.33. The van der Waals surface area contributed by atoms with Gasteiger partial charge in [-0.3, -0.25) is 4.79 Å². The lowest BCUT2D eigenvalue weighted by molar-refractivity contribution is -0.113. The minimum Gasteiger partial charge on any atom is -0.369 e. The van der Waals surface area contributed by atoms with Crippen LogP contribution in [0.2, 0.25) is 0 Å². The first-order valence-electron chi connectivity index (χ1n) is 11.9. The molecule has 0 aliphatic carbocycles. The van der Waals surface area contributed by atoms with Crippen LogP contribution in [0.5, 0.6) is 0 Å². The Labute approximate surface area is 217 Å². The Morgan fingerprint density at radius 1 is 1.23 bits per heavy atom. The van der Waals surface area contributed by atoms with E-state index in [1.807, 2.05) is 35.6 Å². The van der Waals surface area contributed by atoms with Crippen molar-refractivity contribution >= 4 is 62.3 Å². The van der Waals surface area contributed by atoms with Crippen molar-refractivity contribution in [3.8, 4) is 0 Å². The van der Waals surface area contributed by atoms with Gasteiger partial charge in [0.25, 0.3) is 0 Å². The van der Waals surface area contributed by atoms with Crippen LogP contribution in [0, 0.1) is 6.92 Å². The van der Waals surface area contributed by atoms with E-state index in [4.69, 9.17) is 9.72 Å². The summed E-state index contributed by atoms with van der Waals surface area (Å²) in [7, 11) is 0. The first kappa shape index (κ1) is 24.5.